The summed E-state index contributed by atoms with van der Waals surface area (Å²) in [5.41, 5.74) is 4.14. The molecule has 2 saturated heterocycles. The van der Waals surface area contributed by atoms with Gasteiger partial charge in [-0.15, -0.1) is 0 Å². The molecular weight excluding hydrogens is 454 g/mol. The number of rotatable bonds is 5. The molecule has 1 aromatic carbocycles. The zero-order valence-corrected chi connectivity index (χ0v) is 20.8. The van der Waals surface area contributed by atoms with Crippen molar-refractivity contribution in [3.8, 4) is 11.4 Å². The van der Waals surface area contributed by atoms with E-state index in [-0.39, 0.29) is 18.1 Å². The molecular formula is C27H31N7O2. The predicted octanol–water partition coefficient (Wildman–Crippen LogP) is 3.52. The molecule has 3 aliphatic rings. The highest BCUT2D eigenvalue weighted by Gasteiger charge is 2.30. The highest BCUT2D eigenvalue weighted by Crippen LogP contribution is 2.38. The average Bonchev–Trinajstić information content (AvgIpc) is 3.51. The summed E-state index contributed by atoms with van der Waals surface area (Å²) in [6.07, 6.45) is 5.50. The van der Waals surface area contributed by atoms with Crippen LogP contribution in [0.25, 0.3) is 17.2 Å². The van der Waals surface area contributed by atoms with Crippen LogP contribution in [0, 0.1) is 0 Å². The van der Waals surface area contributed by atoms with E-state index in [1.807, 2.05) is 23.2 Å². The third-order valence-corrected chi connectivity index (χ3v) is 7.09. The van der Waals surface area contributed by atoms with Gasteiger partial charge in [-0.2, -0.15) is 9.78 Å². The Morgan fingerprint density at radius 3 is 2.56 bits per heavy atom. The second-order valence-electron chi connectivity index (χ2n) is 9.98. The van der Waals surface area contributed by atoms with Crippen molar-refractivity contribution in [2.24, 2.45) is 0 Å². The third kappa shape index (κ3) is 4.18. The number of hydrogen-bond donors (Lipinski definition) is 0. The van der Waals surface area contributed by atoms with Gasteiger partial charge in [-0.3, -0.25) is 9.69 Å². The van der Waals surface area contributed by atoms with E-state index in [2.05, 4.69) is 58.5 Å². The van der Waals surface area contributed by atoms with Gasteiger partial charge in [0.2, 0.25) is 5.91 Å². The molecule has 0 aliphatic carbocycles. The number of nitrogens with zero attached hydrogens (tertiary/aromatic N) is 7. The number of fused-ring (bicyclic) bond motifs is 3. The Balaban J connectivity index is 1.27. The summed E-state index contributed by atoms with van der Waals surface area (Å²) in [6, 6.07) is 10.4. The number of amides is 1. The monoisotopic (exact) mass is 485 g/mol. The van der Waals surface area contributed by atoms with Gasteiger partial charge in [0.25, 0.3) is 0 Å². The molecule has 186 valence electrons. The molecule has 9 nitrogen and oxygen atoms in total. The van der Waals surface area contributed by atoms with Gasteiger partial charge in [-0.1, -0.05) is 18.7 Å². The van der Waals surface area contributed by atoms with Gasteiger partial charge in [0, 0.05) is 44.5 Å². The second kappa shape index (κ2) is 9.15. The zero-order chi connectivity index (χ0) is 24.8. The number of aromatic nitrogens is 4. The molecule has 0 radical (unpaired) electrons. The quantitative estimate of drug-likeness (QED) is 0.547. The number of ether oxygens (including phenoxy) is 1. The lowest BCUT2D eigenvalue weighted by Gasteiger charge is -2.35. The summed E-state index contributed by atoms with van der Waals surface area (Å²) in [4.78, 5) is 27.9. The Kier molecular flexibility index (Phi) is 5.81. The summed E-state index contributed by atoms with van der Waals surface area (Å²) in [6.45, 7) is 12.5. The molecule has 2 fully saturated rings. The minimum Gasteiger partial charge on any atom is -0.373 e. The van der Waals surface area contributed by atoms with Gasteiger partial charge >= 0.3 is 0 Å². The van der Waals surface area contributed by atoms with Crippen LogP contribution < -0.4 is 9.80 Å². The lowest BCUT2D eigenvalue weighted by atomic mass is 10.1. The maximum atomic E-state index is 12.1. The Morgan fingerprint density at radius 2 is 1.83 bits per heavy atom. The third-order valence-electron chi connectivity index (χ3n) is 7.09. The molecule has 0 N–H and O–H groups in total. The SMILES string of the molecule is C=C1N(Cc2ccc(N3CCCC3=O)cc2)c2ncc(CN3C[C@@H](C)O[C@@H](C)C3)cc2-c2ncnn21. The lowest BCUT2D eigenvalue weighted by molar-refractivity contribution is -0.117. The topological polar surface area (TPSA) is 79.6 Å². The maximum absolute atomic E-state index is 12.1. The highest BCUT2D eigenvalue weighted by molar-refractivity contribution is 5.95. The molecule has 3 aromatic rings. The first-order valence-corrected chi connectivity index (χ1v) is 12.6. The van der Waals surface area contributed by atoms with Gasteiger partial charge in [-0.25, -0.2) is 9.97 Å². The molecule has 0 bridgehead atoms. The summed E-state index contributed by atoms with van der Waals surface area (Å²) in [5, 5.41) is 4.43. The van der Waals surface area contributed by atoms with Crippen LogP contribution in [0.3, 0.4) is 0 Å². The molecule has 5 heterocycles. The van der Waals surface area contributed by atoms with Gasteiger partial charge in [-0.05, 0) is 49.6 Å². The van der Waals surface area contributed by atoms with Crippen LogP contribution in [-0.2, 0) is 22.6 Å². The fraction of sp³-hybridized carbons (Fsp3) is 0.407. The van der Waals surface area contributed by atoms with E-state index < -0.39 is 0 Å². The first-order valence-electron chi connectivity index (χ1n) is 12.6. The van der Waals surface area contributed by atoms with E-state index in [0.717, 1.165) is 66.6 Å². The maximum Gasteiger partial charge on any atom is 0.227 e. The van der Waals surface area contributed by atoms with Crippen molar-refractivity contribution in [2.75, 3.05) is 29.4 Å². The van der Waals surface area contributed by atoms with Crippen LogP contribution in [0.4, 0.5) is 11.5 Å². The molecule has 9 heteroatoms. The van der Waals surface area contributed by atoms with Gasteiger partial charge in [0.1, 0.15) is 18.0 Å². The number of anilines is 2. The first-order chi connectivity index (χ1) is 17.5. The van der Waals surface area contributed by atoms with E-state index in [0.29, 0.717) is 18.8 Å². The standard InChI is InChI=1S/C27H31N7O2/c1-18-13-31(14-19(2)36-18)15-22-11-24-26(28-12-22)33(20(3)34-27(24)29-17-30-34)16-21-6-8-23(9-7-21)32-10-4-5-25(32)35/h6-9,11-12,17-19H,3-5,10,13-16H2,1-2H3/t18-,19+. The van der Waals surface area contributed by atoms with Crippen molar-refractivity contribution in [1.82, 2.24) is 24.6 Å². The summed E-state index contributed by atoms with van der Waals surface area (Å²) < 4.78 is 7.67. The Hall–Kier alpha value is -3.56. The molecule has 1 amide bonds. The Labute approximate surface area is 211 Å². The van der Waals surface area contributed by atoms with E-state index in [1.54, 1.807) is 11.0 Å². The molecule has 0 saturated carbocycles. The highest BCUT2D eigenvalue weighted by atomic mass is 16.5. The van der Waals surface area contributed by atoms with Crippen molar-refractivity contribution < 1.29 is 9.53 Å². The van der Waals surface area contributed by atoms with E-state index in [4.69, 9.17) is 9.72 Å². The molecule has 36 heavy (non-hydrogen) atoms. The van der Waals surface area contributed by atoms with Crippen molar-refractivity contribution in [2.45, 2.75) is 52.0 Å². The van der Waals surface area contributed by atoms with Crippen LogP contribution in [0.15, 0.2) is 49.4 Å². The smallest absolute Gasteiger partial charge is 0.227 e. The average molecular weight is 486 g/mol. The van der Waals surface area contributed by atoms with Crippen LogP contribution in [-0.4, -0.2) is 62.4 Å². The zero-order valence-electron chi connectivity index (χ0n) is 20.8. The second-order valence-corrected chi connectivity index (χ2v) is 9.98. The fourth-order valence-electron chi connectivity index (χ4n) is 5.54. The fourth-order valence-corrected chi connectivity index (χ4v) is 5.54. The van der Waals surface area contributed by atoms with Gasteiger partial charge in [0.05, 0.1) is 24.3 Å². The number of benzene rings is 1. The molecule has 2 atom stereocenters. The first kappa shape index (κ1) is 22.9. The van der Waals surface area contributed by atoms with Crippen LogP contribution in [0.1, 0.15) is 37.8 Å². The lowest BCUT2D eigenvalue weighted by Crippen LogP contribution is -2.44. The summed E-state index contributed by atoms with van der Waals surface area (Å²) >= 11 is 0. The van der Waals surface area contributed by atoms with Gasteiger partial charge in [0.15, 0.2) is 5.82 Å². The summed E-state index contributed by atoms with van der Waals surface area (Å²) in [7, 11) is 0. The van der Waals surface area contributed by atoms with Crippen LogP contribution >= 0.6 is 0 Å². The molecule has 0 spiro atoms. The molecule has 2 aromatic heterocycles. The van der Waals surface area contributed by atoms with E-state index >= 15 is 0 Å². The number of hydrogen-bond acceptors (Lipinski definition) is 7. The molecule has 0 unspecified atom stereocenters. The van der Waals surface area contributed by atoms with Crippen molar-refractivity contribution in [3.05, 3.63) is 60.6 Å². The van der Waals surface area contributed by atoms with E-state index in [1.165, 1.54) is 0 Å². The summed E-state index contributed by atoms with van der Waals surface area (Å²) in [5.74, 6) is 2.49. The van der Waals surface area contributed by atoms with Gasteiger partial charge < -0.3 is 14.5 Å². The number of morpholine rings is 1. The Morgan fingerprint density at radius 1 is 1.06 bits per heavy atom. The number of pyridine rings is 1. The van der Waals surface area contributed by atoms with Crippen LogP contribution in [0.5, 0.6) is 0 Å². The number of carbonyl (C=O) groups excluding carboxylic acids is 1. The normalized spacial score (nSPS) is 22.2. The van der Waals surface area contributed by atoms with E-state index in [9.17, 15) is 4.79 Å². The molecule has 6 rings (SSSR count). The van der Waals surface area contributed by atoms with Crippen LogP contribution in [0.2, 0.25) is 0 Å². The number of carbonyl (C=O) groups is 1. The van der Waals surface area contributed by atoms with Crippen molar-refractivity contribution >= 4 is 23.2 Å². The minimum absolute atomic E-state index is 0.195. The largest absolute Gasteiger partial charge is 0.373 e. The minimum atomic E-state index is 0.195. The van der Waals surface area contributed by atoms with Crippen molar-refractivity contribution in [3.63, 3.8) is 0 Å². The van der Waals surface area contributed by atoms with Crippen molar-refractivity contribution in [1.29, 1.82) is 0 Å². The predicted molar refractivity (Wildman–Crippen MR) is 138 cm³/mol. The Bertz CT molecular complexity index is 1290. The molecule has 3 aliphatic heterocycles.